The number of ketones is 2. The number of carbonyl (C=O) groups excluding carboxylic acids is 2. The number of hydrogen-bond acceptors (Lipinski definition) is 6. The number of benzene rings is 6. The molecular formula is C50H50O7S2. The van der Waals surface area contributed by atoms with Gasteiger partial charge in [-0.3, -0.25) is 19.2 Å². The minimum atomic E-state index is -0.886. The standard InChI is InChI=1S/2C25H24O3S.H2O/c2*1-18-8-5-6-13-22(18)23(14-15-24(26)27)25(28)20-11-7-12-21(16-20)29-17-19-9-3-2-4-10-19;/h2*2-13,16,23H,14-15,17H2,1H3,(H,26,27);1H2. The van der Waals surface area contributed by atoms with Gasteiger partial charge in [-0.1, -0.05) is 133 Å². The molecule has 0 amide bonds. The highest BCUT2D eigenvalue weighted by Gasteiger charge is 2.26. The lowest BCUT2D eigenvalue weighted by molar-refractivity contribution is -0.138. The Bertz CT molecular complexity index is 2130. The van der Waals surface area contributed by atoms with Crippen molar-refractivity contribution in [2.45, 2.75) is 72.7 Å². The van der Waals surface area contributed by atoms with Crippen LogP contribution in [-0.2, 0) is 21.1 Å². The van der Waals surface area contributed by atoms with Crippen molar-refractivity contribution in [3.05, 3.63) is 202 Å². The number of carbonyl (C=O) groups is 4. The van der Waals surface area contributed by atoms with Gasteiger partial charge in [-0.15, -0.1) is 23.5 Å². The number of hydrogen-bond donors (Lipinski definition) is 2. The molecule has 59 heavy (non-hydrogen) atoms. The molecule has 304 valence electrons. The Morgan fingerprint density at radius 2 is 0.831 bits per heavy atom. The molecule has 6 aromatic rings. The van der Waals surface area contributed by atoms with Crippen LogP contribution in [0, 0.1) is 13.8 Å². The molecule has 6 aromatic carbocycles. The number of aliphatic carboxylic acids is 2. The summed E-state index contributed by atoms with van der Waals surface area (Å²) in [7, 11) is 0. The monoisotopic (exact) mass is 826 g/mol. The molecule has 0 radical (unpaired) electrons. The second-order valence-corrected chi connectivity index (χ2v) is 16.1. The zero-order valence-corrected chi connectivity index (χ0v) is 34.9. The van der Waals surface area contributed by atoms with Crippen LogP contribution in [0.3, 0.4) is 0 Å². The van der Waals surface area contributed by atoms with Crippen LogP contribution in [0.2, 0.25) is 0 Å². The highest BCUT2D eigenvalue weighted by atomic mass is 32.2. The summed E-state index contributed by atoms with van der Waals surface area (Å²) in [5.41, 5.74) is 7.53. The molecule has 0 spiro atoms. The van der Waals surface area contributed by atoms with Crippen molar-refractivity contribution in [1.82, 2.24) is 0 Å². The molecule has 2 unspecified atom stereocenters. The summed E-state index contributed by atoms with van der Waals surface area (Å²) in [5.74, 6) is -1.07. The molecule has 0 bridgehead atoms. The fourth-order valence-electron chi connectivity index (χ4n) is 6.71. The highest BCUT2D eigenvalue weighted by molar-refractivity contribution is 7.98. The maximum absolute atomic E-state index is 13.3. The second kappa shape index (κ2) is 23.6. The van der Waals surface area contributed by atoms with E-state index in [0.29, 0.717) is 24.0 Å². The van der Waals surface area contributed by atoms with E-state index in [2.05, 4.69) is 24.3 Å². The SMILES string of the molecule is Cc1ccccc1C(CCC(=O)O)C(=O)c1cccc(SCc2ccccc2)c1.Cc1ccccc1C(CCC(=O)O)C(=O)c1cccc(SCc2ccccc2)c1.O. The van der Waals surface area contributed by atoms with Crippen LogP contribution in [0.15, 0.2) is 168 Å². The van der Waals surface area contributed by atoms with Crippen molar-refractivity contribution < 1.29 is 34.9 Å². The summed E-state index contributed by atoms with van der Waals surface area (Å²) < 4.78 is 0. The molecule has 4 N–H and O–H groups in total. The summed E-state index contributed by atoms with van der Waals surface area (Å²) in [5, 5.41) is 18.3. The van der Waals surface area contributed by atoms with Gasteiger partial charge in [-0.2, -0.15) is 0 Å². The van der Waals surface area contributed by atoms with Gasteiger partial charge in [0, 0.05) is 57.1 Å². The quantitative estimate of drug-likeness (QED) is 0.0645. The maximum atomic E-state index is 13.3. The highest BCUT2D eigenvalue weighted by Crippen LogP contribution is 2.32. The molecule has 9 heteroatoms. The van der Waals surface area contributed by atoms with E-state index in [1.54, 1.807) is 23.5 Å². The number of aryl methyl sites for hydroxylation is 2. The second-order valence-electron chi connectivity index (χ2n) is 14.0. The van der Waals surface area contributed by atoms with E-state index in [4.69, 9.17) is 10.2 Å². The lowest BCUT2D eigenvalue weighted by Crippen LogP contribution is -2.16. The van der Waals surface area contributed by atoms with Gasteiger partial charge in [0.25, 0.3) is 0 Å². The Kier molecular flexibility index (Phi) is 18.4. The molecule has 0 aliphatic heterocycles. The molecule has 0 fully saturated rings. The van der Waals surface area contributed by atoms with Crippen molar-refractivity contribution in [2.24, 2.45) is 0 Å². The Labute approximate surface area is 355 Å². The molecule has 7 nitrogen and oxygen atoms in total. The molecule has 0 saturated heterocycles. The van der Waals surface area contributed by atoms with Gasteiger partial charge >= 0.3 is 11.9 Å². The van der Waals surface area contributed by atoms with E-state index < -0.39 is 23.8 Å². The Balaban J connectivity index is 0.000000256. The Morgan fingerprint density at radius 3 is 1.19 bits per heavy atom. The number of carboxylic acids is 2. The summed E-state index contributed by atoms with van der Waals surface area (Å²) >= 11 is 3.38. The first-order chi connectivity index (χ1) is 28.1. The van der Waals surface area contributed by atoms with E-state index in [-0.39, 0.29) is 29.9 Å². The van der Waals surface area contributed by atoms with E-state index in [1.807, 2.05) is 147 Å². The third-order valence-corrected chi connectivity index (χ3v) is 11.9. The average Bonchev–Trinajstić information content (AvgIpc) is 3.24. The van der Waals surface area contributed by atoms with Crippen molar-refractivity contribution in [3.8, 4) is 0 Å². The number of rotatable bonds is 18. The lowest BCUT2D eigenvalue weighted by Gasteiger charge is -2.18. The molecule has 0 saturated carbocycles. The van der Waals surface area contributed by atoms with Crippen molar-refractivity contribution >= 4 is 47.0 Å². The van der Waals surface area contributed by atoms with Gasteiger partial charge in [0.05, 0.1) is 0 Å². The Morgan fingerprint density at radius 1 is 0.475 bits per heavy atom. The number of Topliss-reactive ketones (excluding diaryl/α,β-unsaturated/α-hetero) is 2. The fraction of sp³-hybridized carbons (Fsp3) is 0.200. The first-order valence-electron chi connectivity index (χ1n) is 19.3. The molecular weight excluding hydrogens is 777 g/mol. The van der Waals surface area contributed by atoms with Crippen LogP contribution in [0.4, 0.5) is 0 Å². The van der Waals surface area contributed by atoms with Crippen LogP contribution in [0.5, 0.6) is 0 Å². The van der Waals surface area contributed by atoms with Gasteiger partial charge in [-0.25, -0.2) is 0 Å². The van der Waals surface area contributed by atoms with Crippen LogP contribution in [-0.4, -0.2) is 39.2 Å². The zero-order chi connectivity index (χ0) is 41.3. The molecule has 6 rings (SSSR count). The molecule has 2 atom stereocenters. The molecule has 0 aromatic heterocycles. The van der Waals surface area contributed by atoms with Gasteiger partial charge in [0.15, 0.2) is 11.6 Å². The summed E-state index contributed by atoms with van der Waals surface area (Å²) in [6.45, 7) is 3.92. The first-order valence-corrected chi connectivity index (χ1v) is 21.2. The summed E-state index contributed by atoms with van der Waals surface area (Å²) in [4.78, 5) is 51.0. The van der Waals surface area contributed by atoms with Gasteiger partial charge in [0.1, 0.15) is 0 Å². The first kappa shape index (κ1) is 46.0. The van der Waals surface area contributed by atoms with E-state index in [9.17, 15) is 19.2 Å². The van der Waals surface area contributed by atoms with Crippen molar-refractivity contribution in [1.29, 1.82) is 0 Å². The van der Waals surface area contributed by atoms with Gasteiger partial charge in [-0.05, 0) is 84.3 Å². The van der Waals surface area contributed by atoms with E-state index in [0.717, 1.165) is 43.6 Å². The van der Waals surface area contributed by atoms with Crippen molar-refractivity contribution in [3.63, 3.8) is 0 Å². The zero-order valence-electron chi connectivity index (χ0n) is 33.3. The summed E-state index contributed by atoms with van der Waals surface area (Å²) in [6.07, 6.45) is 0.515. The predicted molar refractivity (Wildman–Crippen MR) is 239 cm³/mol. The molecule has 0 aliphatic carbocycles. The third kappa shape index (κ3) is 14.2. The lowest BCUT2D eigenvalue weighted by atomic mass is 9.85. The van der Waals surface area contributed by atoms with Gasteiger partial charge in [0.2, 0.25) is 0 Å². The smallest absolute Gasteiger partial charge is 0.303 e. The maximum Gasteiger partial charge on any atom is 0.303 e. The number of thioether (sulfide) groups is 2. The normalized spacial score (nSPS) is 11.6. The number of carboxylic acid groups (broad SMARTS) is 2. The van der Waals surface area contributed by atoms with E-state index in [1.165, 1.54) is 11.1 Å². The third-order valence-electron chi connectivity index (χ3n) is 9.79. The van der Waals surface area contributed by atoms with Gasteiger partial charge < -0.3 is 15.7 Å². The largest absolute Gasteiger partial charge is 0.481 e. The van der Waals surface area contributed by atoms with Crippen molar-refractivity contribution in [2.75, 3.05) is 0 Å². The molecule has 0 heterocycles. The fourth-order valence-corrected chi connectivity index (χ4v) is 8.53. The summed E-state index contributed by atoms with van der Waals surface area (Å²) in [6, 6.07) is 51.1. The topological polar surface area (TPSA) is 140 Å². The molecule has 0 aliphatic rings. The van der Waals surface area contributed by atoms with Crippen LogP contribution in [0.25, 0.3) is 0 Å². The van der Waals surface area contributed by atoms with Crippen LogP contribution < -0.4 is 0 Å². The minimum absolute atomic E-state index is 0. The van der Waals surface area contributed by atoms with Crippen LogP contribution >= 0.6 is 23.5 Å². The van der Waals surface area contributed by atoms with E-state index >= 15 is 0 Å². The predicted octanol–water partition coefficient (Wildman–Crippen LogP) is 11.4. The Hall–Kier alpha value is -5.74. The minimum Gasteiger partial charge on any atom is -0.481 e. The van der Waals surface area contributed by atoms with Crippen LogP contribution in [0.1, 0.15) is 91.6 Å². The average molecular weight is 827 g/mol.